The van der Waals surface area contributed by atoms with Crippen molar-refractivity contribution in [3.8, 4) is 0 Å². The monoisotopic (exact) mass is 361 g/mol. The van der Waals surface area contributed by atoms with Crippen LogP contribution in [0.2, 0.25) is 0 Å². The van der Waals surface area contributed by atoms with Crippen molar-refractivity contribution < 1.29 is 9.59 Å². The van der Waals surface area contributed by atoms with Crippen LogP contribution < -0.4 is 16.4 Å². The molecule has 1 unspecified atom stereocenters. The van der Waals surface area contributed by atoms with E-state index in [1.807, 2.05) is 44.2 Å². The Bertz CT molecular complexity index is 688. The number of hydrogen-bond donors (Lipinski definition) is 3. The van der Waals surface area contributed by atoms with Gasteiger partial charge in [-0.3, -0.25) is 9.59 Å². The number of nitrogens with two attached hydrogens (primary N) is 1. The largest absolute Gasteiger partial charge is 0.326 e. The van der Waals surface area contributed by atoms with E-state index in [1.165, 1.54) is 0 Å². The Kier molecular flexibility index (Phi) is 8.11. The van der Waals surface area contributed by atoms with Crippen molar-refractivity contribution >= 4 is 35.6 Å². The van der Waals surface area contributed by atoms with Gasteiger partial charge in [-0.15, -0.1) is 12.4 Å². The van der Waals surface area contributed by atoms with Crippen LogP contribution in [0, 0.1) is 5.92 Å². The second kappa shape index (κ2) is 9.81. The highest BCUT2D eigenvalue weighted by Gasteiger charge is 2.12. The summed E-state index contributed by atoms with van der Waals surface area (Å²) in [7, 11) is 0. The van der Waals surface area contributed by atoms with Gasteiger partial charge >= 0.3 is 0 Å². The zero-order valence-electron chi connectivity index (χ0n) is 14.4. The van der Waals surface area contributed by atoms with E-state index in [4.69, 9.17) is 5.73 Å². The molecule has 0 aliphatic heterocycles. The van der Waals surface area contributed by atoms with Crippen LogP contribution in [0.5, 0.6) is 0 Å². The maximum absolute atomic E-state index is 12.1. The van der Waals surface area contributed by atoms with Gasteiger partial charge in [0.05, 0.1) is 0 Å². The number of carbonyl (C=O) groups excluding carboxylic acids is 2. The van der Waals surface area contributed by atoms with Crippen LogP contribution in [0.1, 0.15) is 31.9 Å². The Labute approximate surface area is 154 Å². The first-order chi connectivity index (χ1) is 11.5. The Morgan fingerprint density at radius 2 is 1.44 bits per heavy atom. The molecule has 2 aromatic carbocycles. The summed E-state index contributed by atoms with van der Waals surface area (Å²) in [5.41, 5.74) is 8.35. The van der Waals surface area contributed by atoms with Crippen LogP contribution >= 0.6 is 12.4 Å². The third-order valence-electron chi connectivity index (χ3n) is 3.59. The molecule has 1 atom stereocenters. The second-order valence-corrected chi connectivity index (χ2v) is 5.99. The molecule has 0 aliphatic rings. The highest BCUT2D eigenvalue weighted by Crippen LogP contribution is 2.17. The molecule has 2 rings (SSSR count). The predicted octanol–water partition coefficient (Wildman–Crippen LogP) is 3.73. The number of amides is 2. The van der Waals surface area contributed by atoms with Crippen molar-refractivity contribution in [3.05, 3.63) is 60.2 Å². The molecule has 0 spiro atoms. The number of benzene rings is 2. The summed E-state index contributed by atoms with van der Waals surface area (Å²) in [4.78, 5) is 23.7. The molecule has 0 bridgehead atoms. The number of carbonyl (C=O) groups is 2. The summed E-state index contributed by atoms with van der Waals surface area (Å²) in [5.74, 6) is -0.269. The van der Waals surface area contributed by atoms with E-state index >= 15 is 0 Å². The summed E-state index contributed by atoms with van der Waals surface area (Å²) in [6, 6.07) is 16.2. The smallest absolute Gasteiger partial charge is 0.226 e. The first kappa shape index (κ1) is 20.7. The molecule has 2 amide bonds. The lowest BCUT2D eigenvalue weighted by Crippen LogP contribution is -2.20. The van der Waals surface area contributed by atoms with Crippen molar-refractivity contribution in [1.82, 2.24) is 0 Å². The van der Waals surface area contributed by atoms with E-state index < -0.39 is 0 Å². The Balaban J connectivity index is 0.00000312. The van der Waals surface area contributed by atoms with Crippen LogP contribution in [0.25, 0.3) is 0 Å². The van der Waals surface area contributed by atoms with Gasteiger partial charge in [0.1, 0.15) is 0 Å². The zero-order chi connectivity index (χ0) is 17.5. The van der Waals surface area contributed by atoms with E-state index in [0.29, 0.717) is 11.4 Å². The minimum Gasteiger partial charge on any atom is -0.326 e. The molecule has 134 valence electrons. The van der Waals surface area contributed by atoms with Gasteiger partial charge < -0.3 is 16.4 Å². The molecule has 6 heteroatoms. The third-order valence-corrected chi connectivity index (χ3v) is 3.59. The number of nitrogens with one attached hydrogen (secondary N) is 2. The molecule has 4 N–H and O–H groups in total. The lowest BCUT2D eigenvalue weighted by molar-refractivity contribution is -0.119. The molecule has 25 heavy (non-hydrogen) atoms. The molecule has 0 aliphatic carbocycles. The molecule has 0 aromatic heterocycles. The number of rotatable bonds is 6. The molecule has 0 heterocycles. The Hall–Kier alpha value is -2.37. The molecular formula is C19H24ClN3O2. The van der Waals surface area contributed by atoms with Crippen LogP contribution in [0.4, 0.5) is 11.4 Å². The quantitative estimate of drug-likeness (QED) is 0.732. The topological polar surface area (TPSA) is 84.2 Å². The fourth-order valence-corrected chi connectivity index (χ4v) is 2.15. The van der Waals surface area contributed by atoms with Gasteiger partial charge in [-0.2, -0.15) is 0 Å². The van der Waals surface area contributed by atoms with E-state index in [-0.39, 0.29) is 42.6 Å². The first-order valence-corrected chi connectivity index (χ1v) is 7.97. The number of anilines is 2. The van der Waals surface area contributed by atoms with E-state index in [1.54, 1.807) is 24.3 Å². The highest BCUT2D eigenvalue weighted by atomic mass is 35.5. The van der Waals surface area contributed by atoms with Gasteiger partial charge in [0, 0.05) is 29.8 Å². The van der Waals surface area contributed by atoms with Crippen molar-refractivity contribution in [3.63, 3.8) is 0 Å². The van der Waals surface area contributed by atoms with Crippen molar-refractivity contribution in [2.24, 2.45) is 11.7 Å². The van der Waals surface area contributed by atoms with Crippen molar-refractivity contribution in [2.45, 2.75) is 26.3 Å². The first-order valence-electron chi connectivity index (χ1n) is 7.97. The summed E-state index contributed by atoms with van der Waals surface area (Å²) >= 11 is 0. The van der Waals surface area contributed by atoms with Gasteiger partial charge in [0.15, 0.2) is 0 Å². The third kappa shape index (κ3) is 6.57. The second-order valence-electron chi connectivity index (χ2n) is 5.99. The molecule has 0 fully saturated rings. The average Bonchev–Trinajstić information content (AvgIpc) is 2.57. The normalized spacial score (nSPS) is 11.4. The summed E-state index contributed by atoms with van der Waals surface area (Å²) in [6.07, 6.45) is 0.204. The summed E-state index contributed by atoms with van der Waals surface area (Å²) < 4.78 is 0. The van der Waals surface area contributed by atoms with E-state index in [0.717, 1.165) is 5.56 Å². The Morgan fingerprint density at radius 1 is 0.920 bits per heavy atom. The van der Waals surface area contributed by atoms with Crippen LogP contribution in [0.15, 0.2) is 54.6 Å². The molecule has 2 aromatic rings. The van der Waals surface area contributed by atoms with Gasteiger partial charge in [-0.05, 0) is 29.8 Å². The highest BCUT2D eigenvalue weighted by molar-refractivity contribution is 5.93. The lowest BCUT2D eigenvalue weighted by atomic mass is 10.0. The predicted molar refractivity (Wildman–Crippen MR) is 104 cm³/mol. The van der Waals surface area contributed by atoms with Gasteiger partial charge in [0.25, 0.3) is 0 Å². The number of halogens is 1. The molecular weight excluding hydrogens is 338 g/mol. The summed E-state index contributed by atoms with van der Waals surface area (Å²) in [5, 5.41) is 5.62. The van der Waals surface area contributed by atoms with Crippen molar-refractivity contribution in [1.29, 1.82) is 0 Å². The maximum Gasteiger partial charge on any atom is 0.226 e. The minimum absolute atomic E-state index is 0. The van der Waals surface area contributed by atoms with Crippen LogP contribution in [-0.2, 0) is 9.59 Å². The van der Waals surface area contributed by atoms with E-state index in [9.17, 15) is 9.59 Å². The molecule has 0 saturated carbocycles. The van der Waals surface area contributed by atoms with Gasteiger partial charge in [-0.1, -0.05) is 44.2 Å². The standard InChI is InChI=1S/C19H23N3O2.ClH/c1-13(2)19(24)22-16-10-8-15(9-11-16)21-18(23)12-17(20)14-6-4-3-5-7-14;/h3-11,13,17H,12,20H2,1-2H3,(H,21,23)(H,22,24);1H. The molecule has 0 radical (unpaired) electrons. The maximum atomic E-state index is 12.1. The van der Waals surface area contributed by atoms with Gasteiger partial charge in [-0.25, -0.2) is 0 Å². The summed E-state index contributed by atoms with van der Waals surface area (Å²) in [6.45, 7) is 3.67. The van der Waals surface area contributed by atoms with Crippen LogP contribution in [0.3, 0.4) is 0 Å². The van der Waals surface area contributed by atoms with Crippen molar-refractivity contribution in [2.75, 3.05) is 10.6 Å². The average molecular weight is 362 g/mol. The molecule has 5 nitrogen and oxygen atoms in total. The van der Waals surface area contributed by atoms with Crippen LogP contribution in [-0.4, -0.2) is 11.8 Å². The Morgan fingerprint density at radius 3 is 1.96 bits per heavy atom. The fourth-order valence-electron chi connectivity index (χ4n) is 2.15. The minimum atomic E-state index is -0.337. The van der Waals surface area contributed by atoms with E-state index in [2.05, 4.69) is 10.6 Å². The lowest BCUT2D eigenvalue weighted by Gasteiger charge is -2.13. The number of hydrogen-bond acceptors (Lipinski definition) is 3. The molecule has 0 saturated heterocycles. The fraction of sp³-hybridized carbons (Fsp3) is 0.263. The zero-order valence-corrected chi connectivity index (χ0v) is 15.2. The SMILES string of the molecule is CC(C)C(=O)Nc1ccc(NC(=O)CC(N)c2ccccc2)cc1.Cl. The van der Waals surface area contributed by atoms with Gasteiger partial charge in [0.2, 0.25) is 11.8 Å².